The van der Waals surface area contributed by atoms with Crippen molar-refractivity contribution in [3.63, 3.8) is 0 Å². The van der Waals surface area contributed by atoms with E-state index in [0.29, 0.717) is 6.04 Å². The summed E-state index contributed by atoms with van der Waals surface area (Å²) in [6, 6.07) is 10.3. The van der Waals surface area contributed by atoms with Crippen LogP contribution in [0.4, 0.5) is 0 Å². The minimum atomic E-state index is -0.478. The van der Waals surface area contributed by atoms with Crippen molar-refractivity contribution in [3.05, 3.63) is 80.1 Å². The largest absolute Gasteiger partial charge is 0.387 e. The van der Waals surface area contributed by atoms with Crippen molar-refractivity contribution in [2.75, 3.05) is 0 Å². The van der Waals surface area contributed by atoms with Crippen LogP contribution in [-0.2, 0) is 13.5 Å². The van der Waals surface area contributed by atoms with Gasteiger partial charge in [0, 0.05) is 24.0 Å². The Morgan fingerprint density at radius 2 is 2.06 bits per heavy atom. The van der Waals surface area contributed by atoms with Crippen LogP contribution in [0, 0.1) is 6.92 Å². The number of aryl methyl sites for hydroxylation is 2. The molecule has 3 aromatic rings. The monoisotopic (exact) mass is 474 g/mol. The number of hydrogen-bond acceptors (Lipinski definition) is 5. The molecule has 1 aromatic carbocycles. The molecule has 1 aliphatic heterocycles. The van der Waals surface area contributed by atoms with Crippen LogP contribution in [0.3, 0.4) is 0 Å². The molecule has 0 radical (unpaired) electrons. The third-order valence-electron chi connectivity index (χ3n) is 7.26. The number of benzene rings is 1. The van der Waals surface area contributed by atoms with E-state index in [-0.39, 0.29) is 12.0 Å². The summed E-state index contributed by atoms with van der Waals surface area (Å²) >= 11 is 1.82. The van der Waals surface area contributed by atoms with Crippen LogP contribution in [-0.4, -0.2) is 31.7 Å². The van der Waals surface area contributed by atoms with Gasteiger partial charge in [0.15, 0.2) is 0 Å². The molecule has 2 N–H and O–H groups in total. The van der Waals surface area contributed by atoms with E-state index in [1.807, 2.05) is 41.7 Å². The lowest BCUT2D eigenvalue weighted by atomic mass is 10.0. The van der Waals surface area contributed by atoms with E-state index in [2.05, 4.69) is 49.5 Å². The van der Waals surface area contributed by atoms with E-state index in [9.17, 15) is 5.11 Å². The molecule has 2 aliphatic rings. The van der Waals surface area contributed by atoms with Crippen molar-refractivity contribution in [2.45, 2.75) is 70.1 Å². The zero-order chi connectivity index (χ0) is 23.8. The highest BCUT2D eigenvalue weighted by Gasteiger charge is 2.31. The number of aliphatic hydroxyl groups excluding tert-OH is 1. The van der Waals surface area contributed by atoms with Gasteiger partial charge in [-0.15, -0.1) is 11.3 Å². The summed E-state index contributed by atoms with van der Waals surface area (Å²) in [7, 11) is 2.11. The third kappa shape index (κ3) is 4.42. The van der Waals surface area contributed by atoms with E-state index < -0.39 is 6.10 Å². The summed E-state index contributed by atoms with van der Waals surface area (Å²) in [4.78, 5) is 11.3. The summed E-state index contributed by atoms with van der Waals surface area (Å²) in [6.45, 7) is 8.52. The minimum absolute atomic E-state index is 0.0827. The molecule has 3 heterocycles. The van der Waals surface area contributed by atoms with Crippen molar-refractivity contribution in [1.82, 2.24) is 19.9 Å². The van der Waals surface area contributed by atoms with Crippen LogP contribution in [0.15, 0.2) is 42.5 Å². The van der Waals surface area contributed by atoms with Crippen LogP contribution in [0.25, 0.3) is 12.2 Å². The van der Waals surface area contributed by atoms with Gasteiger partial charge in [-0.05, 0) is 57.6 Å². The topological polar surface area (TPSA) is 63.0 Å². The second-order valence-corrected chi connectivity index (χ2v) is 10.9. The predicted molar refractivity (Wildman–Crippen MR) is 139 cm³/mol. The number of fused-ring (bicyclic) bond motifs is 1. The van der Waals surface area contributed by atoms with Gasteiger partial charge in [0.2, 0.25) is 0 Å². The summed E-state index contributed by atoms with van der Waals surface area (Å²) in [6.07, 6.45) is 8.84. The first kappa shape index (κ1) is 23.2. The second-order valence-electron chi connectivity index (χ2n) is 9.63. The summed E-state index contributed by atoms with van der Waals surface area (Å²) < 4.78 is 2.23. The smallest absolute Gasteiger partial charge is 0.118 e. The van der Waals surface area contributed by atoms with Gasteiger partial charge < -0.3 is 15.0 Å². The van der Waals surface area contributed by atoms with Crippen molar-refractivity contribution >= 4 is 23.5 Å². The first-order chi connectivity index (χ1) is 16.4. The molecular formula is C28H34N4OS. The standard InChI is InChI=1S/C28H34N4OS/c1-5-24-23(31-28(32(24)4)21-12-14-25-26(21)29-18(3)34-25)16-17(2)15-20-11-13-22(30-20)27(33)19-9-7-6-8-10-19/h5-10,16,20-22,27,30,33H,2,11-15H2,1,3-4H3. The molecule has 0 saturated carbocycles. The number of hydrogen-bond donors (Lipinski definition) is 2. The molecule has 4 atom stereocenters. The van der Waals surface area contributed by atoms with Crippen molar-refractivity contribution in [2.24, 2.45) is 7.05 Å². The highest BCUT2D eigenvalue weighted by atomic mass is 32.1. The fourth-order valence-electron chi connectivity index (χ4n) is 5.62. The SMILES string of the molecule is C=C(C=c1nc(C2CCc3sc(C)nc32)n(C)c1=CC)CC1CCC(C(O)c2ccccc2)N1. The molecule has 0 bridgehead atoms. The molecule has 4 unspecified atom stereocenters. The minimum Gasteiger partial charge on any atom is -0.387 e. The molecule has 5 nitrogen and oxygen atoms in total. The maximum absolute atomic E-state index is 10.8. The summed E-state index contributed by atoms with van der Waals surface area (Å²) in [5.74, 6) is 1.37. The molecule has 1 saturated heterocycles. The zero-order valence-corrected chi connectivity index (χ0v) is 21.1. The van der Waals surface area contributed by atoms with Crippen molar-refractivity contribution in [3.8, 4) is 0 Å². The number of aliphatic hydroxyl groups is 1. The van der Waals surface area contributed by atoms with Gasteiger partial charge in [-0.1, -0.05) is 48.6 Å². The van der Waals surface area contributed by atoms with Gasteiger partial charge in [0.05, 0.1) is 33.4 Å². The average Bonchev–Trinajstić information content (AvgIpc) is 3.58. The molecule has 2 aromatic heterocycles. The van der Waals surface area contributed by atoms with E-state index in [0.717, 1.165) is 64.8 Å². The maximum atomic E-state index is 10.8. The van der Waals surface area contributed by atoms with Gasteiger partial charge >= 0.3 is 0 Å². The van der Waals surface area contributed by atoms with Gasteiger partial charge in [-0.2, -0.15) is 0 Å². The number of nitrogens with one attached hydrogen (secondary N) is 1. The molecule has 178 valence electrons. The van der Waals surface area contributed by atoms with Crippen LogP contribution < -0.4 is 16.0 Å². The number of rotatable bonds is 6. The van der Waals surface area contributed by atoms with Gasteiger partial charge in [-0.3, -0.25) is 0 Å². The quantitative estimate of drug-likeness (QED) is 0.573. The molecule has 1 fully saturated rings. The van der Waals surface area contributed by atoms with Gasteiger partial charge in [0.25, 0.3) is 0 Å². The fourth-order valence-corrected chi connectivity index (χ4v) is 6.64. The average molecular weight is 475 g/mol. The van der Waals surface area contributed by atoms with E-state index in [4.69, 9.17) is 9.97 Å². The molecule has 5 rings (SSSR count). The summed E-state index contributed by atoms with van der Waals surface area (Å²) in [5, 5.41) is 17.7. The predicted octanol–water partition coefficient (Wildman–Crippen LogP) is 3.64. The first-order valence-corrected chi connectivity index (χ1v) is 13.1. The van der Waals surface area contributed by atoms with E-state index >= 15 is 0 Å². The lowest BCUT2D eigenvalue weighted by Crippen LogP contribution is -2.34. The van der Waals surface area contributed by atoms with Crippen LogP contribution in [0.1, 0.15) is 71.6 Å². The maximum Gasteiger partial charge on any atom is 0.118 e. The molecule has 34 heavy (non-hydrogen) atoms. The van der Waals surface area contributed by atoms with Crippen molar-refractivity contribution < 1.29 is 5.11 Å². The van der Waals surface area contributed by atoms with Gasteiger partial charge in [-0.25, -0.2) is 9.97 Å². The van der Waals surface area contributed by atoms with Crippen LogP contribution >= 0.6 is 11.3 Å². The first-order valence-electron chi connectivity index (χ1n) is 12.3. The molecular weight excluding hydrogens is 440 g/mol. The Morgan fingerprint density at radius 1 is 1.26 bits per heavy atom. The number of aromatic nitrogens is 3. The lowest BCUT2D eigenvalue weighted by Gasteiger charge is -2.20. The third-order valence-corrected chi connectivity index (χ3v) is 8.31. The molecule has 0 amide bonds. The van der Waals surface area contributed by atoms with Crippen molar-refractivity contribution in [1.29, 1.82) is 0 Å². The second kappa shape index (κ2) is 9.61. The van der Waals surface area contributed by atoms with E-state index in [1.165, 1.54) is 10.6 Å². The van der Waals surface area contributed by atoms with Crippen LogP contribution in [0.2, 0.25) is 0 Å². The van der Waals surface area contributed by atoms with Gasteiger partial charge in [0.1, 0.15) is 5.82 Å². The Kier molecular flexibility index (Phi) is 6.56. The summed E-state index contributed by atoms with van der Waals surface area (Å²) in [5.41, 5.74) is 3.26. The Balaban J connectivity index is 1.31. The number of thiazole rings is 1. The normalized spacial score (nSPS) is 24.1. The Labute approximate surface area is 205 Å². The highest BCUT2D eigenvalue weighted by molar-refractivity contribution is 7.11. The Morgan fingerprint density at radius 3 is 2.82 bits per heavy atom. The zero-order valence-electron chi connectivity index (χ0n) is 20.3. The Bertz CT molecular complexity index is 1310. The molecule has 6 heteroatoms. The fraction of sp³-hybridized carbons (Fsp3) is 0.429. The molecule has 1 aliphatic carbocycles. The number of nitrogens with zero attached hydrogens (tertiary/aromatic N) is 3. The lowest BCUT2D eigenvalue weighted by molar-refractivity contribution is 0.135. The number of imidazole rings is 1. The molecule has 0 spiro atoms. The highest BCUT2D eigenvalue weighted by Crippen LogP contribution is 2.39. The van der Waals surface area contributed by atoms with E-state index in [1.54, 1.807) is 0 Å². The Hall–Kier alpha value is -2.54. The van der Waals surface area contributed by atoms with Crippen LogP contribution in [0.5, 0.6) is 0 Å².